The van der Waals surface area contributed by atoms with Crippen molar-refractivity contribution >= 4 is 11.8 Å². The summed E-state index contributed by atoms with van der Waals surface area (Å²) in [6.07, 6.45) is 3.36. The molecule has 0 aliphatic carbocycles. The Bertz CT molecular complexity index is 813. The van der Waals surface area contributed by atoms with E-state index in [0.29, 0.717) is 43.2 Å². The first-order valence-corrected chi connectivity index (χ1v) is 9.40. The Morgan fingerprint density at radius 3 is 2.62 bits per heavy atom. The Morgan fingerprint density at radius 2 is 1.97 bits per heavy atom. The summed E-state index contributed by atoms with van der Waals surface area (Å²) in [7, 11) is 3.14. The zero-order valence-corrected chi connectivity index (χ0v) is 16.5. The predicted molar refractivity (Wildman–Crippen MR) is 106 cm³/mol. The number of pyridine rings is 1. The number of methoxy groups -OCH3 is 2. The van der Waals surface area contributed by atoms with Gasteiger partial charge in [-0.25, -0.2) is 0 Å². The lowest BCUT2D eigenvalue weighted by Crippen LogP contribution is -2.46. The molecule has 1 aliphatic rings. The standard InChI is InChI=1S/C21H25N3O5/c1-27-11-10-23-20(25)19-12-18(29-17-4-3-9-22-13-17)14-24(19)21(26)15-5-7-16(28-2)8-6-15/h3-9,13,18-19H,10-12,14H2,1-2H3,(H,23,25). The molecule has 0 radical (unpaired) electrons. The minimum absolute atomic E-state index is 0.221. The number of benzene rings is 1. The van der Waals surface area contributed by atoms with Crippen molar-refractivity contribution in [1.82, 2.24) is 15.2 Å². The quantitative estimate of drug-likeness (QED) is 0.677. The lowest BCUT2D eigenvalue weighted by Gasteiger charge is -2.23. The van der Waals surface area contributed by atoms with E-state index in [0.717, 1.165) is 0 Å². The molecule has 1 aromatic carbocycles. The maximum atomic E-state index is 13.1. The van der Waals surface area contributed by atoms with Crippen molar-refractivity contribution in [2.24, 2.45) is 0 Å². The normalized spacial score (nSPS) is 18.3. The molecule has 1 N–H and O–H groups in total. The Morgan fingerprint density at radius 1 is 1.17 bits per heavy atom. The van der Waals surface area contributed by atoms with Crippen LogP contribution in [0.2, 0.25) is 0 Å². The fourth-order valence-corrected chi connectivity index (χ4v) is 3.26. The summed E-state index contributed by atoms with van der Waals surface area (Å²) in [5.41, 5.74) is 0.488. The van der Waals surface area contributed by atoms with Crippen LogP contribution < -0.4 is 14.8 Å². The molecule has 29 heavy (non-hydrogen) atoms. The van der Waals surface area contributed by atoms with Crippen molar-refractivity contribution in [3.8, 4) is 11.5 Å². The zero-order chi connectivity index (χ0) is 20.6. The fraction of sp³-hybridized carbons (Fsp3) is 0.381. The molecule has 0 saturated carbocycles. The Kier molecular flexibility index (Phi) is 7.02. The average molecular weight is 399 g/mol. The fourth-order valence-electron chi connectivity index (χ4n) is 3.26. The number of rotatable bonds is 8. The van der Waals surface area contributed by atoms with Gasteiger partial charge in [-0.15, -0.1) is 0 Å². The molecule has 1 fully saturated rings. The van der Waals surface area contributed by atoms with Gasteiger partial charge in [-0.05, 0) is 36.4 Å². The molecule has 0 spiro atoms. The Hall–Kier alpha value is -3.13. The van der Waals surface area contributed by atoms with Crippen LogP contribution >= 0.6 is 0 Å². The van der Waals surface area contributed by atoms with E-state index in [9.17, 15) is 9.59 Å². The van der Waals surface area contributed by atoms with E-state index in [1.807, 2.05) is 0 Å². The van der Waals surface area contributed by atoms with Gasteiger partial charge in [0.15, 0.2) is 0 Å². The van der Waals surface area contributed by atoms with Crippen LogP contribution in [0.3, 0.4) is 0 Å². The molecule has 3 rings (SSSR count). The third kappa shape index (κ3) is 5.23. The molecule has 1 saturated heterocycles. The highest BCUT2D eigenvalue weighted by atomic mass is 16.5. The molecule has 2 amide bonds. The second-order valence-electron chi connectivity index (χ2n) is 6.65. The lowest BCUT2D eigenvalue weighted by atomic mass is 10.1. The van der Waals surface area contributed by atoms with Crippen molar-refractivity contribution < 1.29 is 23.8 Å². The number of hydrogen-bond donors (Lipinski definition) is 1. The van der Waals surface area contributed by atoms with Crippen LogP contribution in [0.15, 0.2) is 48.8 Å². The number of carbonyl (C=O) groups excluding carboxylic acids is 2. The molecule has 2 heterocycles. The van der Waals surface area contributed by atoms with Gasteiger partial charge in [0.05, 0.1) is 26.5 Å². The maximum Gasteiger partial charge on any atom is 0.254 e. The van der Waals surface area contributed by atoms with Crippen LogP contribution in [0.4, 0.5) is 0 Å². The highest BCUT2D eigenvalue weighted by molar-refractivity contribution is 5.98. The average Bonchev–Trinajstić information content (AvgIpc) is 3.18. The van der Waals surface area contributed by atoms with Crippen LogP contribution in [-0.2, 0) is 9.53 Å². The van der Waals surface area contributed by atoms with Gasteiger partial charge in [0, 0.05) is 31.8 Å². The van der Waals surface area contributed by atoms with E-state index < -0.39 is 6.04 Å². The second kappa shape index (κ2) is 9.88. The van der Waals surface area contributed by atoms with Gasteiger partial charge >= 0.3 is 0 Å². The molecule has 0 bridgehead atoms. The van der Waals surface area contributed by atoms with Crippen molar-refractivity contribution in [2.45, 2.75) is 18.6 Å². The molecule has 154 valence electrons. The number of amides is 2. The molecule has 8 nitrogen and oxygen atoms in total. The smallest absolute Gasteiger partial charge is 0.254 e. The van der Waals surface area contributed by atoms with Crippen molar-refractivity contribution in [3.05, 3.63) is 54.4 Å². The number of hydrogen-bond acceptors (Lipinski definition) is 6. The molecule has 2 atom stereocenters. The highest BCUT2D eigenvalue weighted by Gasteiger charge is 2.41. The summed E-state index contributed by atoms with van der Waals surface area (Å²) in [4.78, 5) is 31.4. The van der Waals surface area contributed by atoms with Crippen molar-refractivity contribution in [1.29, 1.82) is 0 Å². The largest absolute Gasteiger partial charge is 0.497 e. The third-order valence-corrected chi connectivity index (χ3v) is 4.71. The van der Waals surface area contributed by atoms with Gasteiger partial charge < -0.3 is 24.4 Å². The molecule has 2 unspecified atom stereocenters. The first-order valence-electron chi connectivity index (χ1n) is 9.40. The van der Waals surface area contributed by atoms with E-state index in [-0.39, 0.29) is 17.9 Å². The maximum absolute atomic E-state index is 13.1. The van der Waals surface area contributed by atoms with Gasteiger partial charge in [0.1, 0.15) is 23.6 Å². The first-order chi connectivity index (χ1) is 14.1. The molecule has 2 aromatic rings. The third-order valence-electron chi connectivity index (χ3n) is 4.71. The molecule has 1 aliphatic heterocycles. The summed E-state index contributed by atoms with van der Waals surface area (Å²) in [5, 5.41) is 2.82. The first kappa shape index (κ1) is 20.6. The number of carbonyl (C=O) groups is 2. The van der Waals surface area contributed by atoms with Gasteiger partial charge in [0.25, 0.3) is 5.91 Å². The number of nitrogens with zero attached hydrogens (tertiary/aromatic N) is 2. The number of nitrogens with one attached hydrogen (secondary N) is 1. The minimum atomic E-state index is -0.622. The van der Waals surface area contributed by atoms with E-state index in [1.165, 1.54) is 0 Å². The zero-order valence-electron chi connectivity index (χ0n) is 16.5. The summed E-state index contributed by atoms with van der Waals surface area (Å²) in [6.45, 7) is 1.09. The Labute approximate surface area is 169 Å². The molecule has 1 aromatic heterocycles. The number of ether oxygens (including phenoxy) is 3. The van der Waals surface area contributed by atoms with E-state index >= 15 is 0 Å². The summed E-state index contributed by atoms with van der Waals surface area (Å²) in [5.74, 6) is 0.822. The highest BCUT2D eigenvalue weighted by Crippen LogP contribution is 2.25. The van der Waals surface area contributed by atoms with E-state index in [1.54, 1.807) is 67.9 Å². The van der Waals surface area contributed by atoms with Crippen LogP contribution in [-0.4, -0.2) is 67.8 Å². The van der Waals surface area contributed by atoms with Gasteiger partial charge in [-0.1, -0.05) is 0 Å². The molecule has 8 heteroatoms. The molecular formula is C21H25N3O5. The summed E-state index contributed by atoms with van der Waals surface area (Å²) < 4.78 is 16.1. The molecular weight excluding hydrogens is 374 g/mol. The number of likely N-dealkylation sites (tertiary alicyclic amines) is 1. The van der Waals surface area contributed by atoms with Crippen molar-refractivity contribution in [3.63, 3.8) is 0 Å². The van der Waals surface area contributed by atoms with Gasteiger partial charge in [0.2, 0.25) is 5.91 Å². The van der Waals surface area contributed by atoms with Crippen LogP contribution in [0.5, 0.6) is 11.5 Å². The Balaban J connectivity index is 1.75. The summed E-state index contributed by atoms with van der Waals surface area (Å²) >= 11 is 0. The predicted octanol–water partition coefficient (Wildman–Crippen LogP) is 1.51. The second-order valence-corrected chi connectivity index (χ2v) is 6.65. The van der Waals surface area contributed by atoms with Crippen molar-refractivity contribution in [2.75, 3.05) is 33.9 Å². The SMILES string of the molecule is COCCNC(=O)C1CC(Oc2cccnc2)CN1C(=O)c1ccc(OC)cc1. The van der Waals surface area contributed by atoms with Crippen LogP contribution in [0.1, 0.15) is 16.8 Å². The van der Waals surface area contributed by atoms with E-state index in [4.69, 9.17) is 14.2 Å². The summed E-state index contributed by atoms with van der Waals surface area (Å²) in [6, 6.07) is 9.78. The topological polar surface area (TPSA) is 90.0 Å². The lowest BCUT2D eigenvalue weighted by molar-refractivity contribution is -0.125. The van der Waals surface area contributed by atoms with Gasteiger partial charge in [-0.3, -0.25) is 14.6 Å². The van der Waals surface area contributed by atoms with E-state index in [2.05, 4.69) is 10.3 Å². The minimum Gasteiger partial charge on any atom is -0.497 e. The monoisotopic (exact) mass is 399 g/mol. The van der Waals surface area contributed by atoms with Crippen LogP contribution in [0, 0.1) is 0 Å². The van der Waals surface area contributed by atoms with Gasteiger partial charge in [-0.2, -0.15) is 0 Å². The van der Waals surface area contributed by atoms with Crippen LogP contribution in [0.25, 0.3) is 0 Å². The number of aromatic nitrogens is 1.